The van der Waals surface area contributed by atoms with Crippen LogP contribution in [0.4, 0.5) is 0 Å². The molecule has 0 fully saturated rings. The smallest absolute Gasteiger partial charge is 0.286 e. The molecule has 1 aliphatic heterocycles. The maximum absolute atomic E-state index is 11.7. The van der Waals surface area contributed by atoms with Crippen molar-refractivity contribution in [1.29, 1.82) is 0 Å². The van der Waals surface area contributed by atoms with Crippen LogP contribution in [0.25, 0.3) is 6.08 Å². The minimum atomic E-state index is -0.326. The molecular weight excluding hydrogens is 332 g/mol. The molecular formula is C17H13ClN2O2S. The quantitative estimate of drug-likeness (QED) is 0.856. The van der Waals surface area contributed by atoms with E-state index in [1.165, 1.54) is 0 Å². The van der Waals surface area contributed by atoms with Gasteiger partial charge in [-0.2, -0.15) is 4.99 Å². The Balaban J connectivity index is 1.80. The first-order valence-electron chi connectivity index (χ1n) is 6.87. The van der Waals surface area contributed by atoms with E-state index in [0.717, 1.165) is 22.9 Å². The molecule has 0 saturated carbocycles. The van der Waals surface area contributed by atoms with E-state index in [-0.39, 0.29) is 11.1 Å². The topological polar surface area (TPSA) is 64.7 Å². The molecule has 0 unspecified atom stereocenters. The Labute approximate surface area is 143 Å². The van der Waals surface area contributed by atoms with Crippen molar-refractivity contribution in [3.8, 4) is 5.75 Å². The molecule has 0 saturated heterocycles. The number of nitrogens with two attached hydrogens (primary N) is 1. The Bertz CT molecular complexity index is 818. The zero-order valence-corrected chi connectivity index (χ0v) is 13.6. The average Bonchev–Trinajstić information content (AvgIpc) is 2.85. The van der Waals surface area contributed by atoms with E-state index in [1.54, 1.807) is 6.08 Å². The molecule has 6 heteroatoms. The molecule has 2 aromatic carbocycles. The number of amidine groups is 1. The van der Waals surface area contributed by atoms with Gasteiger partial charge in [0.15, 0.2) is 5.17 Å². The van der Waals surface area contributed by atoms with Gasteiger partial charge in [0.2, 0.25) is 0 Å². The Hall–Kier alpha value is -2.24. The maximum atomic E-state index is 11.7. The summed E-state index contributed by atoms with van der Waals surface area (Å²) in [5.41, 5.74) is 7.25. The lowest BCUT2D eigenvalue weighted by atomic mass is 10.2. The van der Waals surface area contributed by atoms with Gasteiger partial charge in [-0.1, -0.05) is 48.0 Å². The molecule has 4 nitrogen and oxygen atoms in total. The standard InChI is InChI=1S/C17H13ClN2O2S/c18-13-7-3-1-6-12(13)10-22-14-8-4-2-5-11(14)9-15-16(21)20-17(19)23-15/h1-9H,10H2,(H2,19,20,21)/b15-9+. The van der Waals surface area contributed by atoms with Crippen LogP contribution in [0, 0.1) is 0 Å². The first kappa shape index (κ1) is 15.6. The van der Waals surface area contributed by atoms with Gasteiger partial charge >= 0.3 is 0 Å². The van der Waals surface area contributed by atoms with E-state index in [9.17, 15) is 4.79 Å². The van der Waals surface area contributed by atoms with Crippen molar-refractivity contribution >= 4 is 40.5 Å². The summed E-state index contributed by atoms with van der Waals surface area (Å²) in [5, 5.41) is 0.918. The zero-order valence-electron chi connectivity index (χ0n) is 12.0. The molecule has 0 aliphatic carbocycles. The van der Waals surface area contributed by atoms with Crippen molar-refractivity contribution in [2.24, 2.45) is 10.7 Å². The highest BCUT2D eigenvalue weighted by molar-refractivity contribution is 8.18. The molecule has 0 spiro atoms. The van der Waals surface area contributed by atoms with Gasteiger partial charge in [-0.15, -0.1) is 0 Å². The fourth-order valence-corrected chi connectivity index (χ4v) is 2.93. The lowest BCUT2D eigenvalue weighted by Gasteiger charge is -2.10. The fraction of sp³-hybridized carbons (Fsp3) is 0.0588. The highest BCUT2D eigenvalue weighted by atomic mass is 35.5. The summed E-state index contributed by atoms with van der Waals surface area (Å²) in [7, 11) is 0. The molecule has 2 aromatic rings. The molecule has 0 aromatic heterocycles. The molecule has 0 radical (unpaired) electrons. The predicted octanol–water partition coefficient (Wildman–Crippen LogP) is 3.85. The molecule has 1 heterocycles. The summed E-state index contributed by atoms with van der Waals surface area (Å²) in [6.07, 6.45) is 1.73. The van der Waals surface area contributed by atoms with Gasteiger partial charge < -0.3 is 10.5 Å². The maximum Gasteiger partial charge on any atom is 0.286 e. The lowest BCUT2D eigenvalue weighted by Crippen LogP contribution is -2.01. The number of aliphatic imine (C=N–C) groups is 1. The number of hydrogen-bond acceptors (Lipinski definition) is 4. The largest absolute Gasteiger partial charge is 0.488 e. The average molecular weight is 345 g/mol. The molecule has 23 heavy (non-hydrogen) atoms. The second-order valence-electron chi connectivity index (χ2n) is 4.78. The van der Waals surface area contributed by atoms with Crippen LogP contribution in [0.3, 0.4) is 0 Å². The summed E-state index contributed by atoms with van der Waals surface area (Å²) in [6, 6.07) is 15.0. The Morgan fingerprint density at radius 2 is 1.91 bits per heavy atom. The summed E-state index contributed by atoms with van der Waals surface area (Å²) in [4.78, 5) is 15.9. The first-order valence-corrected chi connectivity index (χ1v) is 8.06. The highest BCUT2D eigenvalue weighted by Crippen LogP contribution is 2.30. The monoisotopic (exact) mass is 344 g/mol. The van der Waals surface area contributed by atoms with Gasteiger partial charge in [-0.25, -0.2) is 0 Å². The van der Waals surface area contributed by atoms with E-state index in [2.05, 4.69) is 4.99 Å². The molecule has 0 bridgehead atoms. The van der Waals surface area contributed by atoms with Gasteiger partial charge in [-0.3, -0.25) is 4.79 Å². The van der Waals surface area contributed by atoms with E-state index < -0.39 is 0 Å². The lowest BCUT2D eigenvalue weighted by molar-refractivity contribution is -0.113. The fourth-order valence-electron chi connectivity index (χ4n) is 2.07. The van der Waals surface area contributed by atoms with Crippen molar-refractivity contribution < 1.29 is 9.53 Å². The van der Waals surface area contributed by atoms with E-state index in [0.29, 0.717) is 22.3 Å². The summed E-state index contributed by atoms with van der Waals surface area (Å²) in [6.45, 7) is 0.347. The number of thioether (sulfide) groups is 1. The third kappa shape index (κ3) is 3.75. The minimum Gasteiger partial charge on any atom is -0.488 e. The van der Waals surface area contributed by atoms with E-state index in [1.807, 2.05) is 48.5 Å². The van der Waals surface area contributed by atoms with Crippen LogP contribution in [0.1, 0.15) is 11.1 Å². The number of benzene rings is 2. The van der Waals surface area contributed by atoms with Crippen LogP contribution in [0.15, 0.2) is 58.4 Å². The van der Waals surface area contributed by atoms with Gasteiger partial charge in [0.25, 0.3) is 5.91 Å². The Kier molecular flexibility index (Phi) is 4.69. The van der Waals surface area contributed by atoms with Crippen molar-refractivity contribution in [3.05, 3.63) is 69.6 Å². The normalized spacial score (nSPS) is 15.8. The van der Waals surface area contributed by atoms with Crippen molar-refractivity contribution in [3.63, 3.8) is 0 Å². The summed E-state index contributed by atoms with van der Waals surface area (Å²) in [5.74, 6) is 0.340. The van der Waals surface area contributed by atoms with E-state index in [4.69, 9.17) is 22.1 Å². The minimum absolute atomic E-state index is 0.260. The number of rotatable bonds is 4. The third-order valence-corrected chi connectivity index (χ3v) is 4.37. The number of ether oxygens (including phenoxy) is 1. The number of para-hydroxylation sites is 1. The number of halogens is 1. The van der Waals surface area contributed by atoms with Crippen molar-refractivity contribution in [1.82, 2.24) is 0 Å². The summed E-state index contributed by atoms with van der Waals surface area (Å²) < 4.78 is 5.86. The van der Waals surface area contributed by atoms with Crippen LogP contribution in [0.2, 0.25) is 5.02 Å². The number of hydrogen-bond donors (Lipinski definition) is 1. The molecule has 2 N–H and O–H groups in total. The van der Waals surface area contributed by atoms with Crippen LogP contribution in [-0.4, -0.2) is 11.1 Å². The molecule has 1 amide bonds. The Morgan fingerprint density at radius 3 is 2.65 bits per heavy atom. The number of nitrogens with zero attached hydrogens (tertiary/aromatic N) is 1. The molecule has 3 rings (SSSR count). The summed E-state index contributed by atoms with van der Waals surface area (Å²) >= 11 is 7.29. The van der Waals surface area contributed by atoms with E-state index >= 15 is 0 Å². The second kappa shape index (κ2) is 6.89. The predicted molar refractivity (Wildman–Crippen MR) is 94.4 cm³/mol. The second-order valence-corrected chi connectivity index (χ2v) is 6.25. The molecule has 1 aliphatic rings. The highest BCUT2D eigenvalue weighted by Gasteiger charge is 2.20. The first-order chi connectivity index (χ1) is 11.1. The van der Waals surface area contributed by atoms with Crippen LogP contribution < -0.4 is 10.5 Å². The Morgan fingerprint density at radius 1 is 1.17 bits per heavy atom. The van der Waals surface area contributed by atoms with Crippen LogP contribution in [-0.2, 0) is 11.4 Å². The van der Waals surface area contributed by atoms with Crippen molar-refractivity contribution in [2.75, 3.05) is 0 Å². The number of carbonyl (C=O) groups is 1. The number of carbonyl (C=O) groups excluding carboxylic acids is 1. The molecule has 116 valence electrons. The van der Waals surface area contributed by atoms with Crippen LogP contribution in [0.5, 0.6) is 5.75 Å². The van der Waals surface area contributed by atoms with Crippen molar-refractivity contribution in [2.45, 2.75) is 6.61 Å². The third-order valence-electron chi connectivity index (χ3n) is 3.18. The van der Waals surface area contributed by atoms with Gasteiger partial charge in [0, 0.05) is 16.1 Å². The van der Waals surface area contributed by atoms with Gasteiger partial charge in [0.1, 0.15) is 12.4 Å². The number of amides is 1. The SMILES string of the molecule is NC1=NC(=O)/C(=C\c2ccccc2OCc2ccccc2Cl)S1. The van der Waals surface area contributed by atoms with Crippen LogP contribution >= 0.6 is 23.4 Å². The van der Waals surface area contributed by atoms with Gasteiger partial charge in [-0.05, 0) is 30.0 Å². The van der Waals surface area contributed by atoms with Gasteiger partial charge in [0.05, 0.1) is 4.91 Å². The molecule has 0 atom stereocenters. The zero-order chi connectivity index (χ0) is 16.2.